The third kappa shape index (κ3) is 19.0. The fourth-order valence-corrected chi connectivity index (χ4v) is 5.99. The molecule has 0 heterocycles. The number of hydrogen-bond acceptors (Lipinski definition) is 8. The molecule has 0 aliphatic carbocycles. The molecule has 0 bridgehead atoms. The number of rotatable bonds is 19. The first-order valence-electron chi connectivity index (χ1n) is 20.7. The fourth-order valence-electron chi connectivity index (χ4n) is 5.99. The molecule has 0 saturated carbocycles. The predicted octanol–water partition coefficient (Wildman–Crippen LogP) is 11.1. The van der Waals surface area contributed by atoms with Crippen molar-refractivity contribution in [3.63, 3.8) is 0 Å². The number of phenolic OH excluding ortho intramolecular Hbond substituents is 2. The molecule has 0 spiro atoms. The van der Waals surface area contributed by atoms with Gasteiger partial charge in [-0.05, 0) is 85.5 Å². The van der Waals surface area contributed by atoms with E-state index in [2.05, 4.69) is 25.7 Å². The number of aliphatic imine (C=N–C) groups is 2. The molecule has 0 aliphatic heterocycles. The number of para-hydroxylation sites is 2. The third-order valence-electron chi connectivity index (χ3n) is 9.08. The number of hydrogen-bond donors (Lipinski definition) is 4. The van der Waals surface area contributed by atoms with Crippen LogP contribution in [0.4, 0.5) is 11.4 Å². The van der Waals surface area contributed by atoms with Crippen molar-refractivity contribution in [2.45, 2.75) is 124 Å². The first-order valence-corrected chi connectivity index (χ1v) is 20.7. The Balaban J connectivity index is 0.000000514. The molecule has 324 valence electrons. The molecular weight excluding hydrogens is 803 g/mol. The van der Waals surface area contributed by atoms with Crippen LogP contribution >= 0.6 is 0 Å². The molecule has 0 atom stereocenters. The molecule has 0 saturated heterocycles. The Hall–Kier alpha value is -5.59. The van der Waals surface area contributed by atoms with Gasteiger partial charge in [-0.1, -0.05) is 151 Å². The molecule has 0 aromatic heterocycles. The van der Waals surface area contributed by atoms with Crippen molar-refractivity contribution in [1.29, 1.82) is 0 Å². The zero-order valence-corrected chi connectivity index (χ0v) is 36.3. The van der Waals surface area contributed by atoms with Crippen LogP contribution < -0.4 is 10.2 Å². The smallest absolute Gasteiger partial charge is 0.869 e. The van der Waals surface area contributed by atoms with Crippen LogP contribution in [-0.4, -0.2) is 43.8 Å². The molecule has 60 heavy (non-hydrogen) atoms. The zero-order chi connectivity index (χ0) is 43.4. The Morgan fingerprint density at radius 2 is 1.00 bits per heavy atom. The van der Waals surface area contributed by atoms with E-state index in [1.54, 1.807) is 0 Å². The molecule has 0 fully saturated rings. The summed E-state index contributed by atoms with van der Waals surface area (Å²) in [6.07, 6.45) is 15.7. The third-order valence-corrected chi connectivity index (χ3v) is 9.08. The first kappa shape index (κ1) is 52.4. The number of nitrogens with zero attached hydrogens (tertiary/aromatic N) is 2. The molecule has 0 amide bonds. The molecular formula is C49H60N2NiO8. The normalized spacial score (nSPS) is 10.8. The van der Waals surface area contributed by atoms with Gasteiger partial charge >= 0.3 is 28.4 Å². The number of aryl methyl sites for hydroxylation is 2. The second-order valence-corrected chi connectivity index (χ2v) is 14.0. The van der Waals surface area contributed by atoms with Crippen LogP contribution in [0.15, 0.2) is 94.9 Å². The summed E-state index contributed by atoms with van der Waals surface area (Å²) in [5, 5.41) is 58.3. The Bertz CT molecular complexity index is 1930. The molecule has 4 rings (SSSR count). The molecule has 0 aliphatic rings. The predicted molar refractivity (Wildman–Crippen MR) is 234 cm³/mol. The number of unbranched alkanes of at least 4 members (excludes halogenated alkanes) is 8. The summed E-state index contributed by atoms with van der Waals surface area (Å²) in [5.41, 5.74) is 4.02. The van der Waals surface area contributed by atoms with Crippen LogP contribution in [0, 0.1) is 11.8 Å². The SMILES string of the molecule is CCCCCCCCCC#CC(=Nc1ccccc1)C(CCCC)=Nc1ccccc1.CCCc1ccc(O)c([O-])c1C(=O)O.CCCc1ccc(O)c([O-])c1C(=O)O.[Ni+2]. The molecule has 4 aromatic carbocycles. The van der Waals surface area contributed by atoms with Gasteiger partial charge in [0, 0.05) is 6.42 Å². The van der Waals surface area contributed by atoms with E-state index in [-0.39, 0.29) is 27.6 Å². The fraction of sp³-hybridized carbons (Fsp3) is 0.388. The zero-order valence-electron chi connectivity index (χ0n) is 35.3. The number of phenols is 2. The van der Waals surface area contributed by atoms with E-state index in [0.717, 1.165) is 67.7 Å². The average molecular weight is 864 g/mol. The Kier molecular flexibility index (Phi) is 26.6. The van der Waals surface area contributed by atoms with Crippen LogP contribution in [0.5, 0.6) is 23.0 Å². The first-order chi connectivity index (χ1) is 28.5. The van der Waals surface area contributed by atoms with Gasteiger partial charge in [0.1, 0.15) is 17.2 Å². The monoisotopic (exact) mass is 862 g/mol. The Morgan fingerprint density at radius 3 is 1.43 bits per heavy atom. The minimum atomic E-state index is -1.28. The van der Waals surface area contributed by atoms with Crippen molar-refractivity contribution >= 4 is 34.7 Å². The molecule has 10 nitrogen and oxygen atoms in total. The standard InChI is InChI=1S/C29H38N2.2C10H12O4.Ni/c1-3-5-7-8-9-10-11-12-19-25-29(31-27-22-17-14-18-23-27)28(24-6-4-2)30-26-20-15-13-16-21-26;2*1-2-3-6-4-5-7(11)9(12)8(6)10(13)14;/h13-18,20-23H,3-12,24H2,1-2H3;2*4-5,11-12H,2-3H2,1H3,(H,13,14);/q;;;+2/p-2. The number of aromatic hydroxyl groups is 2. The van der Waals surface area contributed by atoms with Gasteiger partial charge in [-0.25, -0.2) is 14.6 Å². The van der Waals surface area contributed by atoms with Gasteiger partial charge < -0.3 is 30.6 Å². The topological polar surface area (TPSA) is 186 Å². The summed E-state index contributed by atoms with van der Waals surface area (Å²) >= 11 is 0. The summed E-state index contributed by atoms with van der Waals surface area (Å²) in [5.74, 6) is 1.57. The van der Waals surface area contributed by atoms with E-state index in [0.29, 0.717) is 24.0 Å². The van der Waals surface area contributed by atoms with E-state index >= 15 is 0 Å². The Morgan fingerprint density at radius 1 is 0.567 bits per heavy atom. The minimum Gasteiger partial charge on any atom is -0.869 e. The van der Waals surface area contributed by atoms with E-state index in [1.807, 2.05) is 74.5 Å². The van der Waals surface area contributed by atoms with Gasteiger partial charge in [-0.2, -0.15) is 0 Å². The van der Waals surface area contributed by atoms with Crippen molar-refractivity contribution in [1.82, 2.24) is 0 Å². The molecule has 11 heteroatoms. The van der Waals surface area contributed by atoms with E-state index in [1.165, 1.54) is 62.8 Å². The number of aromatic carboxylic acids is 2. The maximum Gasteiger partial charge on any atom is 2.00 e. The van der Waals surface area contributed by atoms with Crippen LogP contribution in [0.3, 0.4) is 0 Å². The van der Waals surface area contributed by atoms with Crippen molar-refractivity contribution in [3.8, 4) is 34.8 Å². The number of carbonyl (C=O) groups is 2. The molecule has 4 N–H and O–H groups in total. The van der Waals surface area contributed by atoms with E-state index < -0.39 is 34.9 Å². The maximum atomic E-state index is 11.3. The molecule has 0 radical (unpaired) electrons. The van der Waals surface area contributed by atoms with Crippen LogP contribution in [-0.2, 0) is 29.3 Å². The largest absolute Gasteiger partial charge is 2.00 e. The minimum absolute atomic E-state index is 0. The summed E-state index contributed by atoms with van der Waals surface area (Å²) in [7, 11) is 0. The van der Waals surface area contributed by atoms with Crippen molar-refractivity contribution in [3.05, 3.63) is 107 Å². The summed E-state index contributed by atoms with van der Waals surface area (Å²) in [6.45, 7) is 8.26. The summed E-state index contributed by atoms with van der Waals surface area (Å²) in [4.78, 5) is 31.3. The van der Waals surface area contributed by atoms with Gasteiger partial charge in [-0.3, -0.25) is 4.99 Å². The summed E-state index contributed by atoms with van der Waals surface area (Å²) < 4.78 is 0. The van der Waals surface area contributed by atoms with Gasteiger partial charge in [0.2, 0.25) is 0 Å². The second kappa shape index (κ2) is 30.5. The van der Waals surface area contributed by atoms with Crippen LogP contribution in [0.25, 0.3) is 0 Å². The van der Waals surface area contributed by atoms with E-state index in [4.69, 9.17) is 30.4 Å². The molecule has 4 aromatic rings. The van der Waals surface area contributed by atoms with Gasteiger partial charge in [0.15, 0.2) is 0 Å². The van der Waals surface area contributed by atoms with Crippen molar-refractivity contribution in [2.75, 3.05) is 0 Å². The number of benzene rings is 4. The van der Waals surface area contributed by atoms with Crippen LogP contribution in [0.1, 0.15) is 143 Å². The van der Waals surface area contributed by atoms with Gasteiger partial charge in [0.05, 0.1) is 28.2 Å². The molecule has 0 unspecified atom stereocenters. The Labute approximate surface area is 366 Å². The summed E-state index contributed by atoms with van der Waals surface area (Å²) in [6, 6.07) is 25.7. The quantitative estimate of drug-likeness (QED) is 0.0310. The van der Waals surface area contributed by atoms with Gasteiger partial charge in [0.25, 0.3) is 0 Å². The number of carboxylic acid groups (broad SMARTS) is 2. The van der Waals surface area contributed by atoms with Crippen molar-refractivity contribution < 1.29 is 56.7 Å². The van der Waals surface area contributed by atoms with Crippen LogP contribution in [0.2, 0.25) is 0 Å². The van der Waals surface area contributed by atoms with Crippen molar-refractivity contribution in [2.24, 2.45) is 9.98 Å². The number of carboxylic acids is 2. The second-order valence-electron chi connectivity index (χ2n) is 14.0. The average Bonchev–Trinajstić information content (AvgIpc) is 3.22. The van der Waals surface area contributed by atoms with E-state index in [9.17, 15) is 19.8 Å². The maximum absolute atomic E-state index is 11.3. The van der Waals surface area contributed by atoms with Gasteiger partial charge in [-0.15, -0.1) is 0 Å².